The highest BCUT2D eigenvalue weighted by Crippen LogP contribution is 2.20. The Bertz CT molecular complexity index is 530. The number of hydrogen-bond acceptors (Lipinski definition) is 5. The first kappa shape index (κ1) is 14.5. The lowest BCUT2D eigenvalue weighted by molar-refractivity contribution is -0.117. The van der Waals surface area contributed by atoms with Crippen LogP contribution in [-0.4, -0.2) is 42.8 Å². The molecule has 0 radical (unpaired) electrons. The van der Waals surface area contributed by atoms with Crippen molar-refractivity contribution in [2.24, 2.45) is 0 Å². The van der Waals surface area contributed by atoms with Gasteiger partial charge in [-0.25, -0.2) is 4.79 Å². The molecule has 1 saturated heterocycles. The van der Waals surface area contributed by atoms with Gasteiger partial charge in [-0.1, -0.05) is 6.07 Å². The third-order valence-electron chi connectivity index (χ3n) is 3.42. The van der Waals surface area contributed by atoms with E-state index in [0.717, 1.165) is 0 Å². The first-order valence-corrected chi connectivity index (χ1v) is 6.43. The van der Waals surface area contributed by atoms with E-state index < -0.39 is 18.1 Å². The maximum atomic E-state index is 12.1. The highest BCUT2D eigenvalue weighted by atomic mass is 16.5. The number of aliphatic hydroxyl groups is 1. The van der Waals surface area contributed by atoms with Gasteiger partial charge in [0.25, 0.3) is 0 Å². The molecule has 0 aliphatic carbocycles. The van der Waals surface area contributed by atoms with Crippen molar-refractivity contribution < 1.29 is 19.4 Å². The van der Waals surface area contributed by atoms with Crippen molar-refractivity contribution >= 4 is 17.6 Å². The minimum atomic E-state index is -0.492. The number of rotatable bonds is 3. The van der Waals surface area contributed by atoms with Crippen molar-refractivity contribution in [2.75, 3.05) is 19.0 Å². The van der Waals surface area contributed by atoms with Gasteiger partial charge in [0.05, 0.1) is 24.8 Å². The molecule has 6 heteroatoms. The molecule has 6 nitrogen and oxygen atoms in total. The molecule has 108 valence electrons. The minimum absolute atomic E-state index is 0.216. The highest BCUT2D eigenvalue weighted by molar-refractivity contribution is 5.98. The van der Waals surface area contributed by atoms with E-state index in [4.69, 9.17) is 4.74 Å². The second kappa shape index (κ2) is 6.02. The number of esters is 1. The molecule has 1 aliphatic rings. The van der Waals surface area contributed by atoms with Gasteiger partial charge in [0, 0.05) is 12.2 Å². The van der Waals surface area contributed by atoms with Gasteiger partial charge in [0.2, 0.25) is 5.91 Å². The van der Waals surface area contributed by atoms with E-state index in [-0.39, 0.29) is 5.91 Å². The Hall–Kier alpha value is -1.92. The Labute approximate surface area is 117 Å². The monoisotopic (exact) mass is 278 g/mol. The van der Waals surface area contributed by atoms with E-state index in [2.05, 4.69) is 10.6 Å². The second-order valence-electron chi connectivity index (χ2n) is 4.81. The number of carbonyl (C=O) groups excluding carboxylic acids is 2. The molecule has 0 saturated carbocycles. The number of anilines is 1. The molecule has 3 N–H and O–H groups in total. The van der Waals surface area contributed by atoms with Crippen LogP contribution in [0.15, 0.2) is 18.2 Å². The van der Waals surface area contributed by atoms with Gasteiger partial charge in [-0.3, -0.25) is 4.79 Å². The fraction of sp³-hybridized carbons (Fsp3) is 0.429. The maximum Gasteiger partial charge on any atom is 0.338 e. The van der Waals surface area contributed by atoms with Crippen LogP contribution in [0.1, 0.15) is 22.3 Å². The van der Waals surface area contributed by atoms with Crippen molar-refractivity contribution in [3.63, 3.8) is 0 Å². The number of nitrogens with one attached hydrogen (secondary N) is 2. The van der Waals surface area contributed by atoms with Crippen LogP contribution in [0.2, 0.25) is 0 Å². The van der Waals surface area contributed by atoms with Gasteiger partial charge in [0.1, 0.15) is 0 Å². The maximum absolute atomic E-state index is 12.1. The summed E-state index contributed by atoms with van der Waals surface area (Å²) in [6.07, 6.45) is -0.102. The Morgan fingerprint density at radius 1 is 1.45 bits per heavy atom. The van der Waals surface area contributed by atoms with Gasteiger partial charge in [-0.15, -0.1) is 0 Å². The third kappa shape index (κ3) is 2.97. The number of methoxy groups -OCH3 is 1. The molecule has 1 fully saturated rings. The van der Waals surface area contributed by atoms with Crippen LogP contribution in [0, 0.1) is 6.92 Å². The highest BCUT2D eigenvalue weighted by Gasteiger charge is 2.28. The van der Waals surface area contributed by atoms with E-state index in [1.54, 1.807) is 25.1 Å². The molecule has 2 rings (SSSR count). The number of β-amino-alcohol motifs (C(OH)–C–C–N with tert-alkyl or cyclic N) is 1. The van der Waals surface area contributed by atoms with Crippen LogP contribution < -0.4 is 10.6 Å². The van der Waals surface area contributed by atoms with Gasteiger partial charge in [-0.2, -0.15) is 0 Å². The summed E-state index contributed by atoms with van der Waals surface area (Å²) in [7, 11) is 1.32. The first-order chi connectivity index (χ1) is 9.52. The second-order valence-corrected chi connectivity index (χ2v) is 4.81. The molecule has 0 spiro atoms. The first-order valence-electron chi connectivity index (χ1n) is 6.43. The third-order valence-corrected chi connectivity index (χ3v) is 3.42. The quantitative estimate of drug-likeness (QED) is 0.698. The molecule has 1 aromatic rings. The van der Waals surface area contributed by atoms with Gasteiger partial charge in [-0.05, 0) is 31.0 Å². The molecule has 1 heterocycles. The molecule has 1 amide bonds. The molecule has 2 atom stereocenters. The van der Waals surface area contributed by atoms with Crippen molar-refractivity contribution in [3.8, 4) is 0 Å². The zero-order valence-electron chi connectivity index (χ0n) is 11.5. The van der Waals surface area contributed by atoms with Gasteiger partial charge < -0.3 is 20.5 Å². The summed E-state index contributed by atoms with van der Waals surface area (Å²) >= 11 is 0. The molecule has 20 heavy (non-hydrogen) atoms. The number of hydrogen-bond donors (Lipinski definition) is 3. The van der Waals surface area contributed by atoms with Gasteiger partial charge >= 0.3 is 5.97 Å². The Morgan fingerprint density at radius 3 is 2.80 bits per heavy atom. The average molecular weight is 278 g/mol. The fourth-order valence-corrected chi connectivity index (χ4v) is 2.24. The largest absolute Gasteiger partial charge is 0.465 e. The standard InChI is InChI=1S/C14H18N2O4/c1-8-10(14(19)20-2)4-3-5-11(8)16-13(18)12-6-9(17)7-15-12/h3-5,9,12,15,17H,6-7H2,1-2H3,(H,16,18). The van der Waals surface area contributed by atoms with E-state index in [1.165, 1.54) is 7.11 Å². The molecule has 1 aromatic carbocycles. The molecular weight excluding hydrogens is 260 g/mol. The molecule has 1 aliphatic heterocycles. The normalized spacial score (nSPS) is 21.6. The number of ether oxygens (including phenoxy) is 1. The lowest BCUT2D eigenvalue weighted by Crippen LogP contribution is -2.35. The van der Waals surface area contributed by atoms with E-state index in [9.17, 15) is 14.7 Å². The number of aliphatic hydroxyl groups excluding tert-OH is 1. The zero-order valence-corrected chi connectivity index (χ0v) is 11.5. The molecule has 0 bridgehead atoms. The van der Waals surface area contributed by atoms with Crippen molar-refractivity contribution in [2.45, 2.75) is 25.5 Å². The van der Waals surface area contributed by atoms with Crippen LogP contribution in [-0.2, 0) is 9.53 Å². The Morgan fingerprint density at radius 2 is 2.20 bits per heavy atom. The summed E-state index contributed by atoms with van der Waals surface area (Å²) < 4.78 is 4.69. The van der Waals surface area contributed by atoms with Crippen LogP contribution in [0.5, 0.6) is 0 Å². The topological polar surface area (TPSA) is 87.7 Å². The molecular formula is C14H18N2O4. The predicted molar refractivity (Wildman–Crippen MR) is 73.6 cm³/mol. The molecule has 0 aromatic heterocycles. The number of amides is 1. The van der Waals surface area contributed by atoms with Crippen molar-refractivity contribution in [1.82, 2.24) is 5.32 Å². The van der Waals surface area contributed by atoms with Crippen LogP contribution in [0.3, 0.4) is 0 Å². The lowest BCUT2D eigenvalue weighted by Gasteiger charge is -2.14. The summed E-state index contributed by atoms with van der Waals surface area (Å²) in [5, 5.41) is 15.1. The summed E-state index contributed by atoms with van der Waals surface area (Å²) in [4.78, 5) is 23.7. The SMILES string of the molecule is COC(=O)c1cccc(NC(=O)C2CC(O)CN2)c1C. The van der Waals surface area contributed by atoms with E-state index >= 15 is 0 Å². The van der Waals surface area contributed by atoms with Crippen LogP contribution in [0.25, 0.3) is 0 Å². The van der Waals surface area contributed by atoms with E-state index in [0.29, 0.717) is 29.8 Å². The minimum Gasteiger partial charge on any atom is -0.465 e. The summed E-state index contributed by atoms with van der Waals surface area (Å²) in [6, 6.07) is 4.65. The predicted octanol–water partition coefficient (Wildman–Crippen LogP) is 0.443. The smallest absolute Gasteiger partial charge is 0.338 e. The lowest BCUT2D eigenvalue weighted by atomic mass is 10.1. The van der Waals surface area contributed by atoms with Crippen LogP contribution in [0.4, 0.5) is 5.69 Å². The number of carbonyl (C=O) groups is 2. The molecule has 2 unspecified atom stereocenters. The zero-order chi connectivity index (χ0) is 14.7. The van der Waals surface area contributed by atoms with Crippen molar-refractivity contribution in [1.29, 1.82) is 0 Å². The summed E-state index contributed by atoms with van der Waals surface area (Å²) in [5.41, 5.74) is 1.65. The van der Waals surface area contributed by atoms with E-state index in [1.807, 2.05) is 0 Å². The Kier molecular flexibility index (Phi) is 4.36. The average Bonchev–Trinajstić information content (AvgIpc) is 2.87. The Balaban J connectivity index is 2.13. The van der Waals surface area contributed by atoms with Gasteiger partial charge in [0.15, 0.2) is 0 Å². The number of benzene rings is 1. The van der Waals surface area contributed by atoms with Crippen LogP contribution >= 0.6 is 0 Å². The summed E-state index contributed by atoms with van der Waals surface area (Å²) in [6.45, 7) is 2.16. The van der Waals surface area contributed by atoms with Crippen molar-refractivity contribution in [3.05, 3.63) is 29.3 Å². The summed E-state index contributed by atoms with van der Waals surface area (Å²) in [5.74, 6) is -0.653. The fourth-order valence-electron chi connectivity index (χ4n) is 2.24.